The number of ether oxygens (including phenoxy) is 21. The molecule has 3 heterocycles. The van der Waals surface area contributed by atoms with Crippen LogP contribution in [0.3, 0.4) is 0 Å². The lowest BCUT2D eigenvalue weighted by atomic mass is 9.96. The molecule has 0 bridgehead atoms. The number of terminal acetylenes is 1. The molecule has 0 aliphatic carbocycles. The lowest BCUT2D eigenvalue weighted by Gasteiger charge is -2.44. The van der Waals surface area contributed by atoms with Gasteiger partial charge in [-0.05, 0) is 40.5 Å². The second kappa shape index (κ2) is 67.1. The zero-order chi connectivity index (χ0) is 98.0. The molecule has 17 unspecified atom stereocenters. The number of amides is 8. The van der Waals surface area contributed by atoms with Gasteiger partial charge in [0.2, 0.25) is 47.3 Å². The van der Waals surface area contributed by atoms with E-state index in [1.165, 1.54) is 27.7 Å². The largest absolute Gasteiger partial charge is 0.463 e. The van der Waals surface area contributed by atoms with Gasteiger partial charge in [-0.2, -0.15) is 0 Å². The molecule has 3 rings (SSSR count). The van der Waals surface area contributed by atoms with Crippen LogP contribution in [0.1, 0.15) is 149 Å². The highest BCUT2D eigenvalue weighted by atomic mass is 31.2. The number of esters is 8. The third-order valence-electron chi connectivity index (χ3n) is 18.4. The first-order valence-electron chi connectivity index (χ1n) is 43.4. The molecule has 17 atom stereocenters. The minimum atomic E-state index is -1.44. The van der Waals surface area contributed by atoms with E-state index >= 15 is 0 Å². The lowest BCUT2D eigenvalue weighted by Crippen LogP contribution is -2.66. The van der Waals surface area contributed by atoms with Crippen molar-refractivity contribution in [2.24, 2.45) is 0 Å². The Hall–Kier alpha value is -9.13. The van der Waals surface area contributed by atoms with Crippen molar-refractivity contribution in [3.05, 3.63) is 0 Å². The summed E-state index contributed by atoms with van der Waals surface area (Å²) >= 11 is 0. The second-order valence-electron chi connectivity index (χ2n) is 30.3. The monoisotopic (exact) mass is 1910 g/mol. The Morgan fingerprint density at radius 3 is 1.11 bits per heavy atom. The van der Waals surface area contributed by atoms with Crippen molar-refractivity contribution < 1.29 is 185 Å². The van der Waals surface area contributed by atoms with Gasteiger partial charge >= 0.3 is 47.8 Å². The fraction of sp³-hybridized carbons (Fsp3) is 0.783. The molecule has 3 fully saturated rings. The summed E-state index contributed by atoms with van der Waals surface area (Å²) in [4.78, 5) is 203. The quantitative estimate of drug-likeness (QED) is 0.0110. The van der Waals surface area contributed by atoms with Crippen LogP contribution in [0.5, 0.6) is 0 Å². The number of hydrogen-bond donors (Lipinski definition) is 8. The van der Waals surface area contributed by atoms with Crippen molar-refractivity contribution in [2.45, 2.75) is 259 Å². The van der Waals surface area contributed by atoms with Crippen molar-refractivity contribution in [1.29, 1.82) is 0 Å². The van der Waals surface area contributed by atoms with Crippen LogP contribution in [0.4, 0.5) is 0 Å². The Morgan fingerprint density at radius 1 is 0.371 bits per heavy atom. The zero-order valence-corrected chi connectivity index (χ0v) is 78.8. The predicted octanol–water partition coefficient (Wildman–Crippen LogP) is -1.75. The van der Waals surface area contributed by atoms with E-state index in [9.17, 15) is 76.7 Å². The van der Waals surface area contributed by atoms with Gasteiger partial charge in [-0.3, -0.25) is 76.7 Å². The molecule has 3 aliphatic heterocycles. The smallest absolute Gasteiger partial charge is 0.303 e. The van der Waals surface area contributed by atoms with Gasteiger partial charge in [-0.1, -0.05) is 0 Å². The van der Waals surface area contributed by atoms with E-state index in [-0.39, 0.29) is 163 Å². The number of hydrogen-bond acceptors (Lipinski definition) is 40. The Labute approximate surface area is 769 Å². The molecule has 3 aliphatic rings. The predicted molar refractivity (Wildman–Crippen MR) is 455 cm³/mol. The van der Waals surface area contributed by atoms with E-state index in [0.29, 0.717) is 39.5 Å². The summed E-state index contributed by atoms with van der Waals surface area (Å²) < 4.78 is 133. The number of carbonyl (C=O) groups excluding carboxylic acids is 16. The van der Waals surface area contributed by atoms with Gasteiger partial charge in [0.15, 0.2) is 43.3 Å². The summed E-state index contributed by atoms with van der Waals surface area (Å²) in [6.07, 6.45) is -9.76. The minimum Gasteiger partial charge on any atom is -0.463 e. The standard InChI is InChI=1S/C83H136N9O39P/c1-17-18-27-122-132(92(50(2)3)51(4)5)123-45-41-115-37-36-114-35-34-113-33-32-109-28-23-72(106)91-64(80(108)86-25-30-111-38-42-116-81-65(87-52(6)93)46-66(124-58(12)99)67(129-81)47-119-55(9)96)20-22-71(105)90-63(79(107)85-26-31-112-40-44-118-83-74(89-54(8)95)78(128-62(16)103)76(126-60(14)101)69(131-83)49-121-57(11)98)19-21-70(104)84-24-29-110-39-43-117-82-73(88-53(7)94)77(127-61(15)102)75(125-59(13)100)68(130-82)48-120-56(10)97/h1,50-51,63-69,73-78,81-83H,18-49H2,2-16H3,(H,84,104)(H,85,107)(H,86,108)(H,87,93)(H,88,94)(H,89,95)(H,90,105)(H,91,106). The highest BCUT2D eigenvalue weighted by Crippen LogP contribution is 2.46. The van der Waals surface area contributed by atoms with Gasteiger partial charge in [0.1, 0.15) is 68.4 Å². The number of nitrogens with one attached hydrogen (secondary N) is 8. The third kappa shape index (κ3) is 50.8. The molecule has 3 saturated heterocycles. The molecule has 8 amide bonds. The van der Waals surface area contributed by atoms with Gasteiger partial charge in [-0.25, -0.2) is 4.67 Å². The molecule has 0 spiro atoms. The highest BCUT2D eigenvalue weighted by Gasteiger charge is 2.53. The van der Waals surface area contributed by atoms with Crippen molar-refractivity contribution in [3.63, 3.8) is 0 Å². The Kier molecular flexibility index (Phi) is 59.5. The van der Waals surface area contributed by atoms with Crippen LogP contribution in [-0.2, 0) is 185 Å². The Balaban J connectivity index is 1.78. The Morgan fingerprint density at radius 2 is 0.712 bits per heavy atom. The molecule has 752 valence electrons. The topological polar surface area (TPSA) is 585 Å². The maximum atomic E-state index is 14.1. The molecule has 0 saturated carbocycles. The van der Waals surface area contributed by atoms with Crippen LogP contribution in [0, 0.1) is 12.3 Å². The fourth-order valence-electron chi connectivity index (χ4n) is 13.1. The molecule has 49 heteroatoms. The summed E-state index contributed by atoms with van der Waals surface area (Å²) in [6, 6.07) is -5.83. The second-order valence-corrected chi connectivity index (χ2v) is 31.8. The summed E-state index contributed by atoms with van der Waals surface area (Å²) in [7, 11) is -1.35. The summed E-state index contributed by atoms with van der Waals surface area (Å²) in [5.41, 5.74) is 0. The Bertz CT molecular complexity index is 3600. The fourth-order valence-corrected chi connectivity index (χ4v) is 14.6. The summed E-state index contributed by atoms with van der Waals surface area (Å²) in [6.45, 7) is 19.7. The SMILES string of the molecule is C#CCCOP(OCCOCCOCCOCCOCCC(=O)NC(CCC(=O)NC(CCC(=O)NCCOCCOC1OC(COC(C)=O)C(OC(C)=O)C(OC(C)=O)C1NC(C)=O)C(=O)NCCOCCOC1OC(COC(C)=O)C(OC(C)=O)C(OC(C)=O)C1NC(C)=O)C(=O)NCCOCCOC1OC(COC(C)=O)C(OC(C)=O)CC1NC(C)=O)N(C(C)C)C(C)C. The average Bonchev–Trinajstić information content (AvgIpc) is 0.787. The van der Waals surface area contributed by atoms with Gasteiger partial charge < -0.3 is 151 Å². The molecule has 132 heavy (non-hydrogen) atoms. The van der Waals surface area contributed by atoms with Crippen LogP contribution < -0.4 is 42.5 Å². The van der Waals surface area contributed by atoms with Crippen molar-refractivity contribution >= 4 is 104 Å². The van der Waals surface area contributed by atoms with Crippen LogP contribution in [0.15, 0.2) is 0 Å². The van der Waals surface area contributed by atoms with Gasteiger partial charge in [0, 0.05) is 140 Å². The van der Waals surface area contributed by atoms with E-state index in [1.807, 2.05) is 0 Å². The number of carbonyl (C=O) groups is 16. The first-order chi connectivity index (χ1) is 62.8. The summed E-state index contributed by atoms with van der Waals surface area (Å²) in [5, 5.41) is 21.1. The van der Waals surface area contributed by atoms with E-state index in [1.54, 1.807) is 0 Å². The molecule has 0 radical (unpaired) electrons. The third-order valence-corrected chi connectivity index (χ3v) is 20.5. The van der Waals surface area contributed by atoms with Gasteiger partial charge in [-0.15, -0.1) is 12.3 Å². The zero-order valence-electron chi connectivity index (χ0n) is 77.9. The van der Waals surface area contributed by atoms with Crippen molar-refractivity contribution in [3.8, 4) is 12.3 Å². The molecule has 0 aromatic rings. The first-order valence-corrected chi connectivity index (χ1v) is 44.5. The van der Waals surface area contributed by atoms with E-state index in [0.717, 1.165) is 48.5 Å². The maximum Gasteiger partial charge on any atom is 0.303 e. The van der Waals surface area contributed by atoms with Gasteiger partial charge in [0.25, 0.3) is 8.53 Å². The van der Waals surface area contributed by atoms with Crippen LogP contribution in [-0.4, -0.2) is 375 Å². The average molecular weight is 1910 g/mol. The lowest BCUT2D eigenvalue weighted by molar-refractivity contribution is -0.279. The molecule has 48 nitrogen and oxygen atoms in total. The maximum absolute atomic E-state index is 14.1. The van der Waals surface area contributed by atoms with E-state index in [2.05, 4.69) is 80.8 Å². The molecular formula is C83H136N9O39P. The van der Waals surface area contributed by atoms with Crippen LogP contribution in [0.2, 0.25) is 0 Å². The van der Waals surface area contributed by atoms with Crippen molar-refractivity contribution in [2.75, 3.05) is 165 Å². The molecule has 0 aromatic carbocycles. The van der Waals surface area contributed by atoms with Crippen molar-refractivity contribution in [1.82, 2.24) is 47.2 Å². The first kappa shape index (κ1) is 117. The van der Waals surface area contributed by atoms with Crippen LogP contribution in [0.25, 0.3) is 0 Å². The van der Waals surface area contributed by atoms with E-state index < -0.39 is 221 Å². The number of rotatable bonds is 67. The molecule has 8 N–H and O–H groups in total. The normalized spacial score (nSPS) is 21.7. The van der Waals surface area contributed by atoms with E-state index in [4.69, 9.17) is 115 Å². The summed E-state index contributed by atoms with van der Waals surface area (Å²) in [5.74, 6) is -8.71. The highest BCUT2D eigenvalue weighted by molar-refractivity contribution is 7.44. The van der Waals surface area contributed by atoms with Gasteiger partial charge in [0.05, 0.1) is 132 Å². The van der Waals surface area contributed by atoms with Crippen LogP contribution >= 0.6 is 8.53 Å². The number of nitrogens with zero attached hydrogens (tertiary/aromatic N) is 1. The molecule has 0 aromatic heterocycles. The minimum absolute atomic E-state index is 0.0423. The molecular weight excluding hydrogens is 1780 g/mol.